The van der Waals surface area contributed by atoms with Crippen LogP contribution in [0.25, 0.3) is 0 Å². The second-order valence-electron chi connectivity index (χ2n) is 5.91. The molecule has 1 saturated heterocycles. The van der Waals surface area contributed by atoms with Gasteiger partial charge in [-0.3, -0.25) is 14.5 Å². The van der Waals surface area contributed by atoms with Crippen LogP contribution in [-0.2, 0) is 16.1 Å². The summed E-state index contributed by atoms with van der Waals surface area (Å²) in [6.45, 7) is 6.04. The van der Waals surface area contributed by atoms with Gasteiger partial charge in [0, 0.05) is 37.5 Å². The molecule has 2 amide bonds. The zero-order chi connectivity index (χ0) is 16.1. The van der Waals surface area contributed by atoms with Crippen molar-refractivity contribution in [2.45, 2.75) is 39.3 Å². The van der Waals surface area contributed by atoms with Gasteiger partial charge in [0.05, 0.1) is 17.7 Å². The third-order valence-corrected chi connectivity index (χ3v) is 4.76. The third kappa shape index (κ3) is 4.78. The highest BCUT2D eigenvalue weighted by atomic mass is 32.1. The maximum Gasteiger partial charge on any atom is 0.236 e. The number of rotatable bonds is 5. The van der Waals surface area contributed by atoms with E-state index in [-0.39, 0.29) is 17.9 Å². The summed E-state index contributed by atoms with van der Waals surface area (Å²) in [6.07, 6.45) is 1.88. The molecular weight excluding hydrogens is 300 g/mol. The van der Waals surface area contributed by atoms with Crippen molar-refractivity contribution in [3.05, 3.63) is 16.1 Å². The Morgan fingerprint density at radius 1 is 1.55 bits per heavy atom. The molecule has 0 aromatic carbocycles. The fraction of sp³-hybridized carbons (Fsp3) is 0.667. The van der Waals surface area contributed by atoms with Crippen molar-refractivity contribution in [2.75, 3.05) is 26.7 Å². The van der Waals surface area contributed by atoms with E-state index in [2.05, 4.69) is 10.3 Å². The Morgan fingerprint density at radius 3 is 2.95 bits per heavy atom. The van der Waals surface area contributed by atoms with Gasteiger partial charge in [-0.2, -0.15) is 0 Å². The number of aryl methyl sites for hydroxylation is 1. The molecule has 22 heavy (non-hydrogen) atoms. The van der Waals surface area contributed by atoms with Crippen LogP contribution in [0.5, 0.6) is 0 Å². The third-order valence-electron chi connectivity index (χ3n) is 3.85. The molecule has 1 unspecified atom stereocenters. The molecule has 1 aliphatic heterocycles. The summed E-state index contributed by atoms with van der Waals surface area (Å²) in [4.78, 5) is 32.9. The van der Waals surface area contributed by atoms with Crippen molar-refractivity contribution >= 4 is 23.2 Å². The number of hydrogen-bond donors (Lipinski definition) is 1. The topological polar surface area (TPSA) is 65.5 Å². The number of likely N-dealkylation sites (N-methyl/N-ethyl adjacent to an activating group) is 1. The zero-order valence-electron chi connectivity index (χ0n) is 13.5. The number of piperidine rings is 1. The average Bonchev–Trinajstić information content (AvgIpc) is 2.83. The van der Waals surface area contributed by atoms with Crippen molar-refractivity contribution in [3.8, 4) is 0 Å². The number of nitrogens with zero attached hydrogens (tertiary/aromatic N) is 3. The van der Waals surface area contributed by atoms with E-state index < -0.39 is 0 Å². The molecule has 0 spiro atoms. The first kappa shape index (κ1) is 16.9. The van der Waals surface area contributed by atoms with Gasteiger partial charge in [0.15, 0.2) is 0 Å². The molecule has 1 atom stereocenters. The van der Waals surface area contributed by atoms with Crippen molar-refractivity contribution in [3.63, 3.8) is 0 Å². The predicted octanol–water partition coefficient (Wildman–Crippen LogP) is 1.01. The van der Waals surface area contributed by atoms with Gasteiger partial charge in [0.25, 0.3) is 0 Å². The number of aromatic nitrogens is 1. The predicted molar refractivity (Wildman–Crippen MR) is 86.6 cm³/mol. The smallest absolute Gasteiger partial charge is 0.236 e. The minimum absolute atomic E-state index is 0.0305. The SMILES string of the molecule is CC(=O)NC1CCCN(C(=O)CN(C)Cc2scnc2C)C1. The molecule has 7 heteroatoms. The van der Waals surface area contributed by atoms with Crippen LogP contribution in [0.1, 0.15) is 30.3 Å². The summed E-state index contributed by atoms with van der Waals surface area (Å²) >= 11 is 1.62. The van der Waals surface area contributed by atoms with Gasteiger partial charge in [0.1, 0.15) is 0 Å². The summed E-state index contributed by atoms with van der Waals surface area (Å²) in [7, 11) is 1.95. The molecule has 0 aliphatic carbocycles. The van der Waals surface area contributed by atoms with Gasteiger partial charge in [-0.1, -0.05) is 0 Å². The van der Waals surface area contributed by atoms with Crippen LogP contribution in [-0.4, -0.2) is 59.3 Å². The standard InChI is InChI=1S/C15H24N4O2S/c1-11-14(22-10-16-11)8-18(3)9-15(21)19-6-4-5-13(7-19)17-12(2)20/h10,13H,4-9H2,1-3H3,(H,17,20). The van der Waals surface area contributed by atoms with Crippen LogP contribution in [0.15, 0.2) is 5.51 Å². The van der Waals surface area contributed by atoms with Gasteiger partial charge < -0.3 is 10.2 Å². The summed E-state index contributed by atoms with van der Waals surface area (Å²) < 4.78 is 0. The van der Waals surface area contributed by atoms with E-state index in [0.29, 0.717) is 13.1 Å². The molecule has 1 aliphatic rings. The molecular formula is C15H24N4O2S. The Labute approximate surface area is 135 Å². The Morgan fingerprint density at radius 2 is 2.32 bits per heavy atom. The zero-order valence-corrected chi connectivity index (χ0v) is 14.3. The summed E-state index contributed by atoms with van der Waals surface area (Å²) in [5.74, 6) is 0.0943. The number of carbonyl (C=O) groups excluding carboxylic acids is 2. The van der Waals surface area contributed by atoms with Gasteiger partial charge in [-0.25, -0.2) is 4.98 Å². The van der Waals surface area contributed by atoms with Crippen molar-refractivity contribution in [1.82, 2.24) is 20.1 Å². The quantitative estimate of drug-likeness (QED) is 0.878. The second-order valence-corrected chi connectivity index (χ2v) is 6.85. The normalized spacial score (nSPS) is 18.5. The molecule has 0 bridgehead atoms. The van der Waals surface area contributed by atoms with Crippen molar-refractivity contribution in [1.29, 1.82) is 0 Å². The number of thiazole rings is 1. The van der Waals surface area contributed by atoms with Crippen molar-refractivity contribution < 1.29 is 9.59 Å². The molecule has 2 rings (SSSR count). The lowest BCUT2D eigenvalue weighted by Crippen LogP contribution is -2.51. The fourth-order valence-corrected chi connectivity index (χ4v) is 3.58. The fourth-order valence-electron chi connectivity index (χ4n) is 2.72. The molecule has 0 radical (unpaired) electrons. The molecule has 122 valence electrons. The first-order chi connectivity index (χ1) is 10.5. The molecule has 6 nitrogen and oxygen atoms in total. The number of nitrogens with one attached hydrogen (secondary N) is 1. The van der Waals surface area contributed by atoms with Crippen LogP contribution >= 0.6 is 11.3 Å². The highest BCUT2D eigenvalue weighted by molar-refractivity contribution is 7.09. The van der Waals surface area contributed by atoms with E-state index in [0.717, 1.165) is 31.6 Å². The lowest BCUT2D eigenvalue weighted by atomic mass is 10.1. The lowest BCUT2D eigenvalue weighted by molar-refractivity contribution is -0.134. The van der Waals surface area contributed by atoms with Crippen LogP contribution in [0.4, 0.5) is 0 Å². The van der Waals surface area contributed by atoms with E-state index in [1.54, 1.807) is 11.3 Å². The molecule has 1 N–H and O–H groups in total. The molecule has 1 aromatic rings. The Hall–Kier alpha value is -1.47. The first-order valence-corrected chi connectivity index (χ1v) is 8.46. The number of amides is 2. The van der Waals surface area contributed by atoms with E-state index in [1.165, 1.54) is 11.8 Å². The first-order valence-electron chi connectivity index (χ1n) is 7.58. The number of carbonyl (C=O) groups is 2. The van der Waals surface area contributed by atoms with Gasteiger partial charge >= 0.3 is 0 Å². The maximum absolute atomic E-state index is 12.4. The largest absolute Gasteiger partial charge is 0.352 e. The van der Waals surface area contributed by atoms with E-state index >= 15 is 0 Å². The van der Waals surface area contributed by atoms with Crippen molar-refractivity contribution in [2.24, 2.45) is 0 Å². The van der Waals surface area contributed by atoms with Gasteiger partial charge in [-0.15, -0.1) is 11.3 Å². The molecule has 1 aromatic heterocycles. The lowest BCUT2D eigenvalue weighted by Gasteiger charge is -2.34. The Kier molecular flexibility index (Phi) is 5.90. The molecule has 2 heterocycles. The minimum Gasteiger partial charge on any atom is -0.352 e. The van der Waals surface area contributed by atoms with Crippen LogP contribution in [0, 0.1) is 6.92 Å². The molecule has 1 fully saturated rings. The second kappa shape index (κ2) is 7.69. The monoisotopic (exact) mass is 324 g/mol. The maximum atomic E-state index is 12.4. The summed E-state index contributed by atoms with van der Waals surface area (Å²) in [5.41, 5.74) is 2.87. The Bertz CT molecular complexity index is 531. The minimum atomic E-state index is -0.0305. The highest BCUT2D eigenvalue weighted by Crippen LogP contribution is 2.15. The molecule has 0 saturated carbocycles. The number of likely N-dealkylation sites (tertiary alicyclic amines) is 1. The van der Waals surface area contributed by atoms with Crippen LogP contribution in [0.2, 0.25) is 0 Å². The number of hydrogen-bond acceptors (Lipinski definition) is 5. The van der Waals surface area contributed by atoms with Crippen LogP contribution < -0.4 is 5.32 Å². The Balaban J connectivity index is 1.83. The average molecular weight is 324 g/mol. The van der Waals surface area contributed by atoms with E-state index in [9.17, 15) is 9.59 Å². The summed E-state index contributed by atoms with van der Waals surface area (Å²) in [6, 6.07) is 0.0873. The highest BCUT2D eigenvalue weighted by Gasteiger charge is 2.24. The van der Waals surface area contributed by atoms with Crippen LogP contribution in [0.3, 0.4) is 0 Å². The van der Waals surface area contributed by atoms with E-state index in [1.807, 2.05) is 29.3 Å². The summed E-state index contributed by atoms with van der Waals surface area (Å²) in [5, 5.41) is 2.91. The van der Waals surface area contributed by atoms with Gasteiger partial charge in [0.2, 0.25) is 11.8 Å². The van der Waals surface area contributed by atoms with Gasteiger partial charge in [-0.05, 0) is 26.8 Å². The van der Waals surface area contributed by atoms with E-state index in [4.69, 9.17) is 0 Å².